The van der Waals surface area contributed by atoms with E-state index in [0.29, 0.717) is 12.4 Å². The van der Waals surface area contributed by atoms with Gasteiger partial charge in [0.15, 0.2) is 5.69 Å². The number of carboxylic acid groups (broad SMARTS) is 1. The summed E-state index contributed by atoms with van der Waals surface area (Å²) in [5.41, 5.74) is 1.73. The maximum Gasteiger partial charge on any atom is 0.356 e. The molecule has 0 unspecified atom stereocenters. The summed E-state index contributed by atoms with van der Waals surface area (Å²) in [4.78, 5) is 11.2. The largest absolute Gasteiger partial charge is 0.492 e. The fourth-order valence-electron chi connectivity index (χ4n) is 2.18. The molecule has 1 aromatic heterocycles. The first kappa shape index (κ1) is 15.1. The van der Waals surface area contributed by atoms with E-state index in [1.54, 1.807) is 10.7 Å². The molecule has 1 heterocycles. The van der Waals surface area contributed by atoms with Gasteiger partial charge in [0.25, 0.3) is 0 Å². The minimum Gasteiger partial charge on any atom is -0.492 e. The molecule has 5 nitrogen and oxygen atoms in total. The second-order valence-electron chi connectivity index (χ2n) is 4.74. The maximum atomic E-state index is 11.2. The van der Waals surface area contributed by atoms with Gasteiger partial charge < -0.3 is 9.84 Å². The van der Waals surface area contributed by atoms with E-state index in [9.17, 15) is 4.79 Å². The molecule has 2 rings (SSSR count). The summed E-state index contributed by atoms with van der Waals surface area (Å²) in [5.74, 6) is -0.307. The maximum absolute atomic E-state index is 11.2. The van der Waals surface area contributed by atoms with Gasteiger partial charge in [-0.3, -0.25) is 0 Å². The number of carboxylic acids is 1. The molecule has 0 aliphatic carbocycles. The van der Waals surface area contributed by atoms with Crippen LogP contribution in [0.1, 0.15) is 42.9 Å². The summed E-state index contributed by atoms with van der Waals surface area (Å²) in [6.45, 7) is 4.57. The Hall–Kier alpha value is -2.30. The average Bonchev–Trinajstić information content (AvgIpc) is 2.90. The number of rotatable bonds is 7. The van der Waals surface area contributed by atoms with E-state index in [1.807, 2.05) is 31.2 Å². The number of carbonyl (C=O) groups is 1. The van der Waals surface area contributed by atoms with Crippen molar-refractivity contribution in [2.24, 2.45) is 0 Å². The second kappa shape index (κ2) is 6.92. The lowest BCUT2D eigenvalue weighted by molar-refractivity contribution is 0.0690. The summed E-state index contributed by atoms with van der Waals surface area (Å²) in [7, 11) is 0. The molecule has 0 bridgehead atoms. The lowest BCUT2D eigenvalue weighted by Gasteiger charge is -2.12. The number of ether oxygens (including phenoxy) is 1. The van der Waals surface area contributed by atoms with E-state index in [0.717, 1.165) is 30.6 Å². The van der Waals surface area contributed by atoms with Crippen molar-refractivity contribution < 1.29 is 14.6 Å². The van der Waals surface area contributed by atoms with E-state index < -0.39 is 5.97 Å². The molecule has 0 radical (unpaired) electrons. The molecule has 1 aromatic carbocycles. The van der Waals surface area contributed by atoms with Gasteiger partial charge in [-0.15, -0.1) is 0 Å². The van der Waals surface area contributed by atoms with Crippen LogP contribution in [0.15, 0.2) is 30.3 Å². The zero-order valence-electron chi connectivity index (χ0n) is 12.4. The first-order valence-electron chi connectivity index (χ1n) is 7.21. The summed E-state index contributed by atoms with van der Waals surface area (Å²) >= 11 is 0. The van der Waals surface area contributed by atoms with Gasteiger partial charge in [0.1, 0.15) is 11.4 Å². The average molecular weight is 288 g/mol. The van der Waals surface area contributed by atoms with Gasteiger partial charge in [0.2, 0.25) is 0 Å². The number of benzene rings is 1. The van der Waals surface area contributed by atoms with Gasteiger partial charge in [0.05, 0.1) is 6.61 Å². The summed E-state index contributed by atoms with van der Waals surface area (Å²) in [6, 6.07) is 9.18. The van der Waals surface area contributed by atoms with E-state index in [4.69, 9.17) is 9.84 Å². The van der Waals surface area contributed by atoms with Crippen molar-refractivity contribution in [1.82, 2.24) is 9.78 Å². The molecule has 2 aromatic rings. The molecule has 0 spiro atoms. The molecule has 1 N–H and O–H groups in total. The summed E-state index contributed by atoms with van der Waals surface area (Å²) in [6.07, 6.45) is 2.82. The third-order valence-electron chi connectivity index (χ3n) is 3.18. The van der Waals surface area contributed by atoms with Crippen LogP contribution in [0.25, 0.3) is 5.69 Å². The second-order valence-corrected chi connectivity index (χ2v) is 4.74. The van der Waals surface area contributed by atoms with Crippen molar-refractivity contribution in [2.75, 3.05) is 6.61 Å². The van der Waals surface area contributed by atoms with Crippen molar-refractivity contribution in [1.29, 1.82) is 0 Å². The molecule has 21 heavy (non-hydrogen) atoms. The summed E-state index contributed by atoms with van der Waals surface area (Å²) < 4.78 is 7.30. The lowest BCUT2D eigenvalue weighted by atomic mass is 10.2. The monoisotopic (exact) mass is 288 g/mol. The van der Waals surface area contributed by atoms with E-state index in [1.165, 1.54) is 0 Å². The lowest BCUT2D eigenvalue weighted by Crippen LogP contribution is -2.06. The minimum absolute atomic E-state index is 0.0624. The normalized spacial score (nSPS) is 10.6. The molecule has 0 atom stereocenters. The predicted molar refractivity (Wildman–Crippen MR) is 80.3 cm³/mol. The number of unbranched alkanes of at least 4 members (excludes halogenated alkanes) is 1. The Kier molecular flexibility index (Phi) is 4.98. The molecular weight excluding hydrogens is 268 g/mol. The highest BCUT2D eigenvalue weighted by Gasteiger charge is 2.16. The van der Waals surface area contributed by atoms with Crippen LogP contribution in [0.4, 0.5) is 0 Å². The molecule has 0 fully saturated rings. The molecule has 112 valence electrons. The minimum atomic E-state index is -1.01. The highest BCUT2D eigenvalue weighted by atomic mass is 16.5. The first-order chi connectivity index (χ1) is 10.2. The quantitative estimate of drug-likeness (QED) is 0.849. The van der Waals surface area contributed by atoms with Gasteiger partial charge >= 0.3 is 5.97 Å². The summed E-state index contributed by atoms with van der Waals surface area (Å²) in [5, 5.41) is 13.4. The Morgan fingerprint density at radius 3 is 2.76 bits per heavy atom. The number of aromatic nitrogens is 2. The zero-order valence-corrected chi connectivity index (χ0v) is 12.4. The SMILES string of the molecule is CCCCc1cc(C(=O)O)nn1-c1ccccc1OCC. The number of nitrogens with zero attached hydrogens (tertiary/aromatic N) is 2. The van der Waals surface area contributed by atoms with Gasteiger partial charge in [-0.05, 0) is 38.0 Å². The van der Waals surface area contributed by atoms with Crippen LogP contribution in [-0.4, -0.2) is 27.5 Å². The number of aromatic carboxylic acids is 1. The van der Waals surface area contributed by atoms with Crippen LogP contribution < -0.4 is 4.74 Å². The number of hydrogen-bond donors (Lipinski definition) is 1. The zero-order chi connectivity index (χ0) is 15.2. The molecule has 0 saturated carbocycles. The molecular formula is C16H20N2O3. The van der Waals surface area contributed by atoms with Gasteiger partial charge in [-0.25, -0.2) is 9.48 Å². The van der Waals surface area contributed by atoms with Crippen LogP contribution in [-0.2, 0) is 6.42 Å². The van der Waals surface area contributed by atoms with Gasteiger partial charge in [-0.2, -0.15) is 5.10 Å². The molecule has 0 saturated heterocycles. The molecule has 0 amide bonds. The fourth-order valence-corrected chi connectivity index (χ4v) is 2.18. The molecule has 0 aliphatic heterocycles. The Bertz CT molecular complexity index is 620. The Morgan fingerprint density at radius 2 is 2.10 bits per heavy atom. The fraction of sp³-hybridized carbons (Fsp3) is 0.375. The van der Waals surface area contributed by atoms with Gasteiger partial charge in [-0.1, -0.05) is 25.5 Å². The van der Waals surface area contributed by atoms with Gasteiger partial charge in [0, 0.05) is 5.69 Å². The highest BCUT2D eigenvalue weighted by molar-refractivity contribution is 5.85. The van der Waals surface area contributed by atoms with Crippen molar-refractivity contribution in [3.63, 3.8) is 0 Å². The smallest absolute Gasteiger partial charge is 0.356 e. The molecule has 0 aliphatic rings. The van der Waals surface area contributed by atoms with Crippen molar-refractivity contribution in [3.8, 4) is 11.4 Å². The third kappa shape index (κ3) is 3.42. The topological polar surface area (TPSA) is 64.3 Å². The number of para-hydroxylation sites is 2. The van der Waals surface area contributed by atoms with Crippen LogP contribution in [0.5, 0.6) is 5.75 Å². The van der Waals surface area contributed by atoms with Crippen LogP contribution in [0.2, 0.25) is 0 Å². The van der Waals surface area contributed by atoms with Crippen molar-refractivity contribution in [3.05, 3.63) is 41.7 Å². The highest BCUT2D eigenvalue weighted by Crippen LogP contribution is 2.24. The number of aryl methyl sites for hydroxylation is 1. The van der Waals surface area contributed by atoms with Crippen LogP contribution in [0, 0.1) is 0 Å². The van der Waals surface area contributed by atoms with Crippen molar-refractivity contribution >= 4 is 5.97 Å². The van der Waals surface area contributed by atoms with E-state index in [2.05, 4.69) is 12.0 Å². The van der Waals surface area contributed by atoms with Crippen molar-refractivity contribution in [2.45, 2.75) is 33.1 Å². The first-order valence-corrected chi connectivity index (χ1v) is 7.21. The van der Waals surface area contributed by atoms with E-state index >= 15 is 0 Å². The van der Waals surface area contributed by atoms with Crippen LogP contribution in [0.3, 0.4) is 0 Å². The standard InChI is InChI=1S/C16H20N2O3/c1-3-5-8-12-11-13(16(19)20)17-18(12)14-9-6-7-10-15(14)21-4-2/h6-7,9-11H,3-5,8H2,1-2H3,(H,19,20). The van der Waals surface area contributed by atoms with E-state index in [-0.39, 0.29) is 5.69 Å². The Balaban J connectivity index is 2.48. The Morgan fingerprint density at radius 1 is 1.33 bits per heavy atom. The third-order valence-corrected chi connectivity index (χ3v) is 3.18. The van der Waals surface area contributed by atoms with Crippen LogP contribution >= 0.6 is 0 Å². The predicted octanol–water partition coefficient (Wildman–Crippen LogP) is 3.31. The Labute approximate surface area is 124 Å². The number of hydrogen-bond acceptors (Lipinski definition) is 3. The molecule has 5 heteroatoms.